The van der Waals surface area contributed by atoms with Crippen LogP contribution in [0, 0.1) is 0 Å². The summed E-state index contributed by atoms with van der Waals surface area (Å²) >= 11 is 0. The number of likely N-dealkylation sites (tertiary alicyclic amines) is 1. The van der Waals surface area contributed by atoms with Crippen LogP contribution in [0.2, 0.25) is 0 Å². The van der Waals surface area contributed by atoms with Crippen LogP contribution in [0.15, 0.2) is 0 Å². The summed E-state index contributed by atoms with van der Waals surface area (Å²) < 4.78 is 5.04. The summed E-state index contributed by atoms with van der Waals surface area (Å²) in [6.45, 7) is 8.85. The van der Waals surface area contributed by atoms with Crippen LogP contribution in [0.25, 0.3) is 0 Å². The lowest BCUT2D eigenvalue weighted by molar-refractivity contribution is 0.168. The molecule has 96 valence electrons. The molecule has 1 saturated heterocycles. The second-order valence-corrected chi connectivity index (χ2v) is 4.87. The first kappa shape index (κ1) is 13.9. The van der Waals surface area contributed by atoms with E-state index >= 15 is 0 Å². The van der Waals surface area contributed by atoms with Gasteiger partial charge in [0.1, 0.15) is 0 Å². The van der Waals surface area contributed by atoms with Gasteiger partial charge in [-0.1, -0.05) is 13.3 Å². The van der Waals surface area contributed by atoms with Gasteiger partial charge in [0, 0.05) is 32.3 Å². The Hall–Kier alpha value is -0.120. The van der Waals surface area contributed by atoms with Crippen molar-refractivity contribution >= 4 is 0 Å². The van der Waals surface area contributed by atoms with Crippen LogP contribution in [-0.4, -0.2) is 50.3 Å². The number of hydrogen-bond acceptors (Lipinski definition) is 3. The molecule has 0 amide bonds. The molecule has 1 heterocycles. The maximum absolute atomic E-state index is 5.04. The highest BCUT2D eigenvalue weighted by molar-refractivity contribution is 4.84. The fraction of sp³-hybridized carbons (Fsp3) is 1.00. The lowest BCUT2D eigenvalue weighted by Gasteiger charge is -2.30. The van der Waals surface area contributed by atoms with E-state index in [-0.39, 0.29) is 0 Å². The Morgan fingerprint density at radius 2 is 2.31 bits per heavy atom. The van der Waals surface area contributed by atoms with Crippen LogP contribution in [0.1, 0.15) is 39.5 Å². The molecule has 1 N–H and O–H groups in total. The zero-order chi connectivity index (χ0) is 11.8. The highest BCUT2D eigenvalue weighted by Gasteiger charge is 2.27. The van der Waals surface area contributed by atoms with Crippen molar-refractivity contribution in [3.8, 4) is 0 Å². The van der Waals surface area contributed by atoms with Crippen molar-refractivity contribution in [3.05, 3.63) is 0 Å². The Kier molecular flexibility index (Phi) is 7.01. The zero-order valence-electron chi connectivity index (χ0n) is 11.2. The topological polar surface area (TPSA) is 24.5 Å². The monoisotopic (exact) mass is 228 g/mol. The van der Waals surface area contributed by atoms with Crippen LogP contribution in [-0.2, 0) is 4.74 Å². The number of methoxy groups -OCH3 is 1. The molecule has 2 unspecified atom stereocenters. The second kappa shape index (κ2) is 8.04. The minimum atomic E-state index is 0.749. The summed E-state index contributed by atoms with van der Waals surface area (Å²) in [5.74, 6) is 0. The van der Waals surface area contributed by atoms with Crippen molar-refractivity contribution in [1.82, 2.24) is 10.2 Å². The molecule has 1 aliphatic rings. The number of hydrogen-bond donors (Lipinski definition) is 1. The van der Waals surface area contributed by atoms with Crippen LogP contribution in [0.4, 0.5) is 0 Å². The Morgan fingerprint density at radius 1 is 1.50 bits per heavy atom. The van der Waals surface area contributed by atoms with E-state index in [4.69, 9.17) is 4.74 Å². The molecular formula is C13H28N2O. The fourth-order valence-electron chi connectivity index (χ4n) is 2.68. The van der Waals surface area contributed by atoms with Gasteiger partial charge in [-0.15, -0.1) is 0 Å². The maximum atomic E-state index is 5.04. The molecule has 0 saturated carbocycles. The summed E-state index contributed by atoms with van der Waals surface area (Å²) in [5, 5.41) is 3.49. The van der Waals surface area contributed by atoms with E-state index in [1.807, 2.05) is 0 Å². The van der Waals surface area contributed by atoms with Gasteiger partial charge in [0.25, 0.3) is 0 Å². The first-order valence-electron chi connectivity index (χ1n) is 6.75. The van der Waals surface area contributed by atoms with Gasteiger partial charge in [-0.3, -0.25) is 4.90 Å². The third-order valence-corrected chi connectivity index (χ3v) is 3.56. The van der Waals surface area contributed by atoms with E-state index in [1.54, 1.807) is 7.11 Å². The lowest BCUT2D eigenvalue weighted by Crippen LogP contribution is -2.43. The minimum absolute atomic E-state index is 0.749. The lowest BCUT2D eigenvalue weighted by atomic mass is 10.1. The van der Waals surface area contributed by atoms with Gasteiger partial charge in [0.2, 0.25) is 0 Å². The molecule has 1 aliphatic heterocycles. The number of ether oxygens (including phenoxy) is 1. The molecule has 0 bridgehead atoms. The van der Waals surface area contributed by atoms with E-state index in [1.165, 1.54) is 32.2 Å². The van der Waals surface area contributed by atoms with Crippen molar-refractivity contribution in [1.29, 1.82) is 0 Å². The molecule has 1 rings (SSSR count). The summed E-state index contributed by atoms with van der Waals surface area (Å²) in [4.78, 5) is 2.68. The average Bonchev–Trinajstić information content (AvgIpc) is 2.73. The first-order chi connectivity index (χ1) is 7.79. The van der Waals surface area contributed by atoms with Crippen molar-refractivity contribution in [2.24, 2.45) is 0 Å². The average molecular weight is 228 g/mol. The van der Waals surface area contributed by atoms with Crippen LogP contribution < -0.4 is 5.32 Å². The summed E-state index contributed by atoms with van der Waals surface area (Å²) in [6, 6.07) is 1.50. The Labute approximate surface area is 101 Å². The van der Waals surface area contributed by atoms with E-state index in [0.717, 1.165) is 31.8 Å². The molecule has 0 aliphatic carbocycles. The van der Waals surface area contributed by atoms with E-state index < -0.39 is 0 Å². The molecule has 0 aromatic carbocycles. The van der Waals surface area contributed by atoms with Crippen molar-refractivity contribution in [2.75, 3.05) is 33.4 Å². The highest BCUT2D eigenvalue weighted by Crippen LogP contribution is 2.21. The Balaban J connectivity index is 2.23. The van der Waals surface area contributed by atoms with Gasteiger partial charge in [-0.2, -0.15) is 0 Å². The van der Waals surface area contributed by atoms with E-state index in [2.05, 4.69) is 24.1 Å². The van der Waals surface area contributed by atoms with Gasteiger partial charge in [0.15, 0.2) is 0 Å². The fourth-order valence-corrected chi connectivity index (χ4v) is 2.68. The maximum Gasteiger partial charge on any atom is 0.0587 e. The molecular weight excluding hydrogens is 200 g/mol. The van der Waals surface area contributed by atoms with E-state index in [9.17, 15) is 0 Å². The minimum Gasteiger partial charge on any atom is -0.383 e. The van der Waals surface area contributed by atoms with Gasteiger partial charge in [0.05, 0.1) is 6.61 Å². The molecule has 3 nitrogen and oxygen atoms in total. The summed E-state index contributed by atoms with van der Waals surface area (Å²) in [7, 11) is 1.76. The quantitative estimate of drug-likeness (QED) is 0.642. The molecule has 3 heteroatoms. The third kappa shape index (κ3) is 4.40. The number of nitrogens with one attached hydrogen (secondary N) is 1. The summed E-state index contributed by atoms with van der Waals surface area (Å²) in [5.41, 5.74) is 0. The van der Waals surface area contributed by atoms with Crippen molar-refractivity contribution in [2.45, 2.75) is 51.6 Å². The van der Waals surface area contributed by atoms with Gasteiger partial charge >= 0.3 is 0 Å². The molecule has 0 radical (unpaired) electrons. The van der Waals surface area contributed by atoms with Gasteiger partial charge in [-0.25, -0.2) is 0 Å². The molecule has 0 spiro atoms. The Morgan fingerprint density at radius 3 is 3.00 bits per heavy atom. The van der Waals surface area contributed by atoms with Crippen molar-refractivity contribution < 1.29 is 4.74 Å². The molecule has 1 fully saturated rings. The predicted octanol–water partition coefficient (Wildman–Crippen LogP) is 1.88. The first-order valence-corrected chi connectivity index (χ1v) is 6.75. The SMILES string of the molecule is CCCC(C)N1CCCC1CNCCOC. The molecule has 0 aromatic rings. The number of nitrogens with zero attached hydrogens (tertiary/aromatic N) is 1. The van der Waals surface area contributed by atoms with Crippen LogP contribution >= 0.6 is 0 Å². The molecule has 0 aromatic heterocycles. The largest absolute Gasteiger partial charge is 0.383 e. The third-order valence-electron chi connectivity index (χ3n) is 3.56. The second-order valence-electron chi connectivity index (χ2n) is 4.87. The molecule has 16 heavy (non-hydrogen) atoms. The van der Waals surface area contributed by atoms with E-state index in [0.29, 0.717) is 0 Å². The van der Waals surface area contributed by atoms with Gasteiger partial charge in [-0.05, 0) is 32.7 Å². The molecule has 2 atom stereocenters. The van der Waals surface area contributed by atoms with Crippen molar-refractivity contribution in [3.63, 3.8) is 0 Å². The standard InChI is InChI=1S/C13H28N2O/c1-4-6-12(2)15-9-5-7-13(15)11-14-8-10-16-3/h12-14H,4-11H2,1-3H3. The van der Waals surface area contributed by atoms with Crippen LogP contribution in [0.3, 0.4) is 0 Å². The summed E-state index contributed by atoms with van der Waals surface area (Å²) in [6.07, 6.45) is 5.34. The smallest absolute Gasteiger partial charge is 0.0587 e. The normalized spacial score (nSPS) is 23.8. The highest BCUT2D eigenvalue weighted by atomic mass is 16.5. The van der Waals surface area contributed by atoms with Gasteiger partial charge < -0.3 is 10.1 Å². The van der Waals surface area contributed by atoms with Crippen LogP contribution in [0.5, 0.6) is 0 Å². The zero-order valence-corrected chi connectivity index (χ0v) is 11.2. The number of rotatable bonds is 8. The Bertz CT molecular complexity index is 175. The predicted molar refractivity (Wildman–Crippen MR) is 68.8 cm³/mol.